The van der Waals surface area contributed by atoms with Crippen LogP contribution in [0.5, 0.6) is 5.75 Å². The smallest absolute Gasteiger partial charge is 0.272 e. The van der Waals surface area contributed by atoms with Gasteiger partial charge >= 0.3 is 0 Å². The van der Waals surface area contributed by atoms with Crippen LogP contribution >= 0.6 is 0 Å². The van der Waals surface area contributed by atoms with Gasteiger partial charge in [-0.05, 0) is 55.0 Å². The molecule has 0 aliphatic carbocycles. The third-order valence-electron chi connectivity index (χ3n) is 4.07. The molecule has 0 atom stereocenters. The second-order valence-corrected chi connectivity index (χ2v) is 6.03. The molecule has 2 amide bonds. The molecule has 3 aromatic rings. The summed E-state index contributed by atoms with van der Waals surface area (Å²) >= 11 is 0. The molecule has 1 heterocycles. The van der Waals surface area contributed by atoms with E-state index in [1.54, 1.807) is 49.6 Å². The van der Waals surface area contributed by atoms with Gasteiger partial charge in [-0.3, -0.25) is 9.59 Å². The fourth-order valence-electron chi connectivity index (χ4n) is 2.51. The van der Waals surface area contributed by atoms with Crippen LogP contribution in [0.4, 0.5) is 5.69 Å². The molecule has 28 heavy (non-hydrogen) atoms. The van der Waals surface area contributed by atoms with Gasteiger partial charge in [-0.25, -0.2) is 0 Å². The highest BCUT2D eigenvalue weighted by Gasteiger charge is 2.16. The minimum absolute atomic E-state index is 0.0685. The molecular weight excluding hydrogens is 356 g/mol. The summed E-state index contributed by atoms with van der Waals surface area (Å²) in [5.74, 6) is 0.220. The van der Waals surface area contributed by atoms with Gasteiger partial charge in [0, 0.05) is 17.3 Å². The number of amides is 2. The van der Waals surface area contributed by atoms with Gasteiger partial charge < -0.3 is 19.8 Å². The molecule has 0 fully saturated rings. The van der Waals surface area contributed by atoms with E-state index in [0.29, 0.717) is 22.8 Å². The summed E-state index contributed by atoms with van der Waals surface area (Å²) in [5.41, 5.74) is 2.04. The minimum atomic E-state index is -0.451. The molecule has 0 saturated carbocycles. The van der Waals surface area contributed by atoms with E-state index in [9.17, 15) is 9.59 Å². The van der Waals surface area contributed by atoms with Crippen molar-refractivity contribution >= 4 is 23.6 Å². The molecule has 3 rings (SSSR count). The number of furan rings is 1. The molecule has 0 saturated heterocycles. The Kier molecular flexibility index (Phi) is 5.91. The number of carbonyl (C=O) groups is 2. The van der Waals surface area contributed by atoms with E-state index in [1.165, 1.54) is 12.3 Å². The fourth-order valence-corrected chi connectivity index (χ4v) is 2.51. The molecule has 6 nitrogen and oxygen atoms in total. The van der Waals surface area contributed by atoms with E-state index >= 15 is 0 Å². The van der Waals surface area contributed by atoms with Gasteiger partial charge in [-0.1, -0.05) is 18.2 Å². The summed E-state index contributed by atoms with van der Waals surface area (Å²) in [6.07, 6.45) is 2.98. The number of anilines is 1. The zero-order valence-electron chi connectivity index (χ0n) is 15.6. The molecule has 0 bridgehead atoms. The summed E-state index contributed by atoms with van der Waals surface area (Å²) in [7, 11) is 1.55. The largest absolute Gasteiger partial charge is 0.497 e. The van der Waals surface area contributed by atoms with Crippen LogP contribution in [-0.2, 0) is 4.79 Å². The maximum Gasteiger partial charge on any atom is 0.272 e. The second-order valence-electron chi connectivity index (χ2n) is 6.03. The first-order valence-corrected chi connectivity index (χ1v) is 8.64. The first-order valence-electron chi connectivity index (χ1n) is 8.64. The van der Waals surface area contributed by atoms with Crippen molar-refractivity contribution in [3.8, 4) is 5.75 Å². The summed E-state index contributed by atoms with van der Waals surface area (Å²) in [6, 6.07) is 17.4. The van der Waals surface area contributed by atoms with Gasteiger partial charge in [0.05, 0.1) is 13.4 Å². The molecular formula is C22H20N2O4. The van der Waals surface area contributed by atoms with E-state index < -0.39 is 11.8 Å². The Bertz CT molecular complexity index is 990. The van der Waals surface area contributed by atoms with Crippen LogP contribution in [0.25, 0.3) is 6.08 Å². The van der Waals surface area contributed by atoms with Gasteiger partial charge in [0.2, 0.25) is 0 Å². The lowest BCUT2D eigenvalue weighted by Crippen LogP contribution is -2.30. The van der Waals surface area contributed by atoms with Crippen molar-refractivity contribution < 1.29 is 18.7 Å². The van der Waals surface area contributed by atoms with Crippen LogP contribution in [-0.4, -0.2) is 18.9 Å². The molecule has 1 aromatic heterocycles. The number of hydrogen-bond donors (Lipinski definition) is 2. The number of aryl methyl sites for hydroxylation is 1. The SMILES string of the molecule is COc1ccc(C(=O)N/C(=C\c2ccco2)C(=O)Nc2ccccc2C)cc1. The lowest BCUT2D eigenvalue weighted by Gasteiger charge is -2.12. The molecule has 0 spiro atoms. The van der Waals surface area contributed by atoms with Crippen LogP contribution in [0.1, 0.15) is 21.7 Å². The molecule has 2 N–H and O–H groups in total. The number of benzene rings is 2. The number of hydrogen-bond acceptors (Lipinski definition) is 4. The maximum atomic E-state index is 12.8. The Morgan fingerprint density at radius 3 is 2.39 bits per heavy atom. The molecule has 6 heteroatoms. The first-order chi connectivity index (χ1) is 13.6. The minimum Gasteiger partial charge on any atom is -0.497 e. The average Bonchev–Trinajstić information content (AvgIpc) is 3.22. The maximum absolute atomic E-state index is 12.8. The Hall–Kier alpha value is -3.80. The lowest BCUT2D eigenvalue weighted by atomic mass is 10.2. The normalized spacial score (nSPS) is 11.0. The van der Waals surface area contributed by atoms with Crippen LogP contribution in [0.3, 0.4) is 0 Å². The lowest BCUT2D eigenvalue weighted by molar-refractivity contribution is -0.113. The van der Waals surface area contributed by atoms with Crippen LogP contribution in [0.15, 0.2) is 77.0 Å². The van der Waals surface area contributed by atoms with Crippen molar-refractivity contribution in [3.63, 3.8) is 0 Å². The fraction of sp³-hybridized carbons (Fsp3) is 0.0909. The van der Waals surface area contributed by atoms with E-state index in [4.69, 9.17) is 9.15 Å². The Labute approximate surface area is 162 Å². The van der Waals surface area contributed by atoms with Gasteiger partial charge in [0.1, 0.15) is 17.2 Å². The Morgan fingerprint density at radius 1 is 1.00 bits per heavy atom. The number of carbonyl (C=O) groups excluding carboxylic acids is 2. The highest BCUT2D eigenvalue weighted by atomic mass is 16.5. The van der Waals surface area contributed by atoms with E-state index in [0.717, 1.165) is 5.56 Å². The number of ether oxygens (including phenoxy) is 1. The monoisotopic (exact) mass is 376 g/mol. The van der Waals surface area contributed by atoms with Crippen molar-refractivity contribution in [2.24, 2.45) is 0 Å². The first kappa shape index (κ1) is 19.0. The zero-order chi connectivity index (χ0) is 19.9. The summed E-state index contributed by atoms with van der Waals surface area (Å²) < 4.78 is 10.4. The quantitative estimate of drug-likeness (QED) is 0.637. The van der Waals surface area contributed by atoms with Gasteiger partial charge in [-0.2, -0.15) is 0 Å². The molecule has 0 unspecified atom stereocenters. The molecule has 0 radical (unpaired) electrons. The second kappa shape index (κ2) is 8.73. The third-order valence-corrected chi connectivity index (χ3v) is 4.07. The molecule has 0 aliphatic heterocycles. The van der Waals surface area contributed by atoms with Crippen LogP contribution in [0.2, 0.25) is 0 Å². The van der Waals surface area contributed by atoms with Crippen LogP contribution in [0, 0.1) is 6.92 Å². The predicted octanol–water partition coefficient (Wildman–Crippen LogP) is 4.01. The Morgan fingerprint density at radius 2 is 1.75 bits per heavy atom. The summed E-state index contributed by atoms with van der Waals surface area (Å²) in [4.78, 5) is 25.4. The predicted molar refractivity (Wildman–Crippen MR) is 107 cm³/mol. The summed E-state index contributed by atoms with van der Waals surface area (Å²) in [6.45, 7) is 1.89. The average molecular weight is 376 g/mol. The van der Waals surface area contributed by atoms with Crippen molar-refractivity contribution in [2.75, 3.05) is 12.4 Å². The third kappa shape index (κ3) is 4.67. The zero-order valence-corrected chi connectivity index (χ0v) is 15.6. The molecule has 2 aromatic carbocycles. The van der Waals surface area contributed by atoms with Gasteiger partial charge in [0.25, 0.3) is 11.8 Å². The highest BCUT2D eigenvalue weighted by molar-refractivity contribution is 6.10. The highest BCUT2D eigenvalue weighted by Crippen LogP contribution is 2.16. The van der Waals surface area contributed by atoms with Crippen molar-refractivity contribution in [1.29, 1.82) is 0 Å². The van der Waals surface area contributed by atoms with Crippen LogP contribution < -0.4 is 15.4 Å². The summed E-state index contributed by atoms with van der Waals surface area (Å²) in [5, 5.41) is 5.47. The van der Waals surface area contributed by atoms with Gasteiger partial charge in [0.15, 0.2) is 0 Å². The van der Waals surface area contributed by atoms with Gasteiger partial charge in [-0.15, -0.1) is 0 Å². The van der Waals surface area contributed by atoms with Crippen molar-refractivity contribution in [2.45, 2.75) is 6.92 Å². The topological polar surface area (TPSA) is 80.6 Å². The number of rotatable bonds is 6. The van der Waals surface area contributed by atoms with E-state index in [2.05, 4.69) is 10.6 Å². The molecule has 0 aliphatic rings. The van der Waals surface area contributed by atoms with E-state index in [-0.39, 0.29) is 5.70 Å². The number of para-hydroxylation sites is 1. The molecule has 142 valence electrons. The van der Waals surface area contributed by atoms with E-state index in [1.807, 2.05) is 25.1 Å². The standard InChI is InChI=1S/C22H20N2O4/c1-15-6-3-4-8-19(15)23-22(26)20(14-18-7-5-13-28-18)24-21(25)16-9-11-17(27-2)12-10-16/h3-14H,1-2H3,(H,23,26)(H,24,25)/b20-14-. The van der Waals surface area contributed by atoms with Crippen molar-refractivity contribution in [1.82, 2.24) is 5.32 Å². The number of methoxy groups -OCH3 is 1. The Balaban J connectivity index is 1.83. The van der Waals surface area contributed by atoms with Crippen molar-refractivity contribution in [3.05, 3.63) is 89.5 Å². The number of nitrogens with one attached hydrogen (secondary N) is 2.